The van der Waals surface area contributed by atoms with Crippen molar-refractivity contribution in [3.05, 3.63) is 33.8 Å². The molecule has 0 saturated carbocycles. The second kappa shape index (κ2) is 7.00. The molecule has 0 aliphatic carbocycles. The van der Waals surface area contributed by atoms with Gasteiger partial charge in [-0.3, -0.25) is 4.79 Å². The van der Waals surface area contributed by atoms with E-state index in [1.165, 1.54) is 0 Å². The molecule has 0 atom stereocenters. The SMILES string of the molecule is Cc1ccc(C(=O)NCCC/C(N)=N/O)c(Br)c1. The second-order valence-electron chi connectivity index (χ2n) is 3.93. The lowest BCUT2D eigenvalue weighted by Crippen LogP contribution is -2.26. The molecule has 4 N–H and O–H groups in total. The topological polar surface area (TPSA) is 87.7 Å². The third-order valence-electron chi connectivity index (χ3n) is 2.39. The van der Waals surface area contributed by atoms with E-state index in [0.29, 0.717) is 24.9 Å². The van der Waals surface area contributed by atoms with E-state index in [9.17, 15) is 4.79 Å². The molecular formula is C12H16BrN3O2. The molecular weight excluding hydrogens is 298 g/mol. The monoisotopic (exact) mass is 313 g/mol. The molecule has 18 heavy (non-hydrogen) atoms. The van der Waals surface area contributed by atoms with Crippen LogP contribution < -0.4 is 11.1 Å². The highest BCUT2D eigenvalue weighted by Crippen LogP contribution is 2.18. The van der Waals surface area contributed by atoms with Gasteiger partial charge in [0.05, 0.1) is 5.56 Å². The predicted molar refractivity (Wildman–Crippen MR) is 73.9 cm³/mol. The van der Waals surface area contributed by atoms with Crippen molar-refractivity contribution < 1.29 is 10.0 Å². The number of hydrogen-bond donors (Lipinski definition) is 3. The Morgan fingerprint density at radius 3 is 2.89 bits per heavy atom. The predicted octanol–water partition coefficient (Wildman–Crippen LogP) is 2.01. The average Bonchev–Trinajstić information content (AvgIpc) is 2.34. The number of carbonyl (C=O) groups excluding carboxylic acids is 1. The summed E-state index contributed by atoms with van der Waals surface area (Å²) in [6.07, 6.45) is 1.08. The summed E-state index contributed by atoms with van der Waals surface area (Å²) in [5.41, 5.74) is 7.01. The summed E-state index contributed by atoms with van der Waals surface area (Å²) >= 11 is 3.36. The van der Waals surface area contributed by atoms with Crippen LogP contribution in [0.15, 0.2) is 27.8 Å². The lowest BCUT2D eigenvalue weighted by Gasteiger charge is -2.07. The molecule has 6 heteroatoms. The first-order chi connectivity index (χ1) is 8.54. The number of halogens is 1. The highest BCUT2D eigenvalue weighted by molar-refractivity contribution is 9.10. The van der Waals surface area contributed by atoms with Crippen molar-refractivity contribution in [3.8, 4) is 0 Å². The summed E-state index contributed by atoms with van der Waals surface area (Å²) in [6, 6.07) is 5.56. The molecule has 0 aliphatic rings. The van der Waals surface area contributed by atoms with Gasteiger partial charge in [0, 0.05) is 17.4 Å². The average molecular weight is 314 g/mol. The van der Waals surface area contributed by atoms with Gasteiger partial charge < -0.3 is 16.3 Å². The van der Waals surface area contributed by atoms with Crippen LogP contribution in [0.25, 0.3) is 0 Å². The van der Waals surface area contributed by atoms with Crippen LogP contribution in [0, 0.1) is 6.92 Å². The molecule has 0 aliphatic heterocycles. The minimum atomic E-state index is -0.138. The third kappa shape index (κ3) is 4.37. The third-order valence-corrected chi connectivity index (χ3v) is 3.05. The molecule has 1 aromatic carbocycles. The summed E-state index contributed by atoms with van der Waals surface area (Å²) < 4.78 is 0.774. The Labute approximate surface area is 114 Å². The zero-order valence-electron chi connectivity index (χ0n) is 10.1. The molecule has 0 radical (unpaired) electrons. The van der Waals surface area contributed by atoms with E-state index < -0.39 is 0 Å². The van der Waals surface area contributed by atoms with Crippen LogP contribution in [0.5, 0.6) is 0 Å². The first-order valence-electron chi connectivity index (χ1n) is 5.55. The van der Waals surface area contributed by atoms with Gasteiger partial charge in [0.1, 0.15) is 5.84 Å². The number of carbonyl (C=O) groups is 1. The largest absolute Gasteiger partial charge is 0.409 e. The number of aryl methyl sites for hydroxylation is 1. The first-order valence-corrected chi connectivity index (χ1v) is 6.34. The molecule has 1 rings (SSSR count). The summed E-state index contributed by atoms with van der Waals surface area (Å²) in [7, 11) is 0. The quantitative estimate of drug-likeness (QED) is 0.255. The Morgan fingerprint density at radius 1 is 1.56 bits per heavy atom. The highest BCUT2D eigenvalue weighted by atomic mass is 79.9. The van der Waals surface area contributed by atoms with Crippen molar-refractivity contribution in [3.63, 3.8) is 0 Å². The van der Waals surface area contributed by atoms with Crippen LogP contribution in [-0.2, 0) is 0 Å². The number of rotatable bonds is 5. The van der Waals surface area contributed by atoms with Crippen LogP contribution >= 0.6 is 15.9 Å². The first kappa shape index (κ1) is 14.5. The number of nitrogens with two attached hydrogens (primary N) is 1. The normalized spacial score (nSPS) is 11.3. The van der Waals surface area contributed by atoms with Crippen LogP contribution in [0.2, 0.25) is 0 Å². The van der Waals surface area contributed by atoms with Crippen LogP contribution in [0.4, 0.5) is 0 Å². The standard InChI is InChI=1S/C12H16BrN3O2/c1-8-4-5-9(10(13)7-8)12(17)15-6-2-3-11(14)16-18/h4-5,7,18H,2-3,6H2,1H3,(H2,14,16)(H,15,17). The summed E-state index contributed by atoms with van der Waals surface area (Å²) in [4.78, 5) is 11.8. The number of amides is 1. The van der Waals surface area contributed by atoms with E-state index in [4.69, 9.17) is 10.9 Å². The number of nitrogens with zero attached hydrogens (tertiary/aromatic N) is 1. The van der Waals surface area contributed by atoms with Crippen molar-refractivity contribution in [2.75, 3.05) is 6.54 Å². The maximum absolute atomic E-state index is 11.8. The molecule has 0 saturated heterocycles. The van der Waals surface area contributed by atoms with Crippen molar-refractivity contribution in [2.45, 2.75) is 19.8 Å². The van der Waals surface area contributed by atoms with E-state index in [-0.39, 0.29) is 11.7 Å². The van der Waals surface area contributed by atoms with Crippen molar-refractivity contribution in [2.24, 2.45) is 10.9 Å². The molecule has 0 fully saturated rings. The summed E-state index contributed by atoms with van der Waals surface area (Å²) in [5.74, 6) is 0.0298. The number of benzene rings is 1. The van der Waals surface area contributed by atoms with E-state index in [1.54, 1.807) is 6.07 Å². The number of oxime groups is 1. The molecule has 0 bridgehead atoms. The number of hydrogen-bond acceptors (Lipinski definition) is 3. The molecule has 1 amide bonds. The van der Waals surface area contributed by atoms with Gasteiger partial charge in [0.25, 0.3) is 5.91 Å². The van der Waals surface area contributed by atoms with Crippen LogP contribution in [0.1, 0.15) is 28.8 Å². The van der Waals surface area contributed by atoms with Gasteiger partial charge >= 0.3 is 0 Å². The van der Waals surface area contributed by atoms with Gasteiger partial charge in [-0.2, -0.15) is 0 Å². The number of nitrogens with one attached hydrogen (secondary N) is 1. The Balaban J connectivity index is 2.46. The molecule has 0 heterocycles. The van der Waals surface area contributed by atoms with Gasteiger partial charge in [-0.15, -0.1) is 0 Å². The van der Waals surface area contributed by atoms with E-state index in [0.717, 1.165) is 10.0 Å². The van der Waals surface area contributed by atoms with Crippen molar-refractivity contribution >= 4 is 27.7 Å². The minimum absolute atomic E-state index is 0.138. The van der Waals surface area contributed by atoms with Gasteiger partial charge in [0.2, 0.25) is 0 Å². The lowest BCUT2D eigenvalue weighted by atomic mass is 10.1. The smallest absolute Gasteiger partial charge is 0.252 e. The van der Waals surface area contributed by atoms with Crippen LogP contribution in [0.3, 0.4) is 0 Å². The Hall–Kier alpha value is -1.56. The van der Waals surface area contributed by atoms with E-state index in [2.05, 4.69) is 26.4 Å². The zero-order chi connectivity index (χ0) is 13.5. The Bertz CT molecular complexity index is 461. The van der Waals surface area contributed by atoms with Crippen molar-refractivity contribution in [1.29, 1.82) is 0 Å². The fourth-order valence-electron chi connectivity index (χ4n) is 1.42. The molecule has 0 unspecified atom stereocenters. The fraction of sp³-hybridized carbons (Fsp3) is 0.333. The van der Waals surface area contributed by atoms with Gasteiger partial charge in [-0.25, -0.2) is 0 Å². The van der Waals surface area contributed by atoms with Crippen LogP contribution in [-0.4, -0.2) is 23.5 Å². The number of amidine groups is 1. The van der Waals surface area contributed by atoms with Gasteiger partial charge in [-0.1, -0.05) is 11.2 Å². The van der Waals surface area contributed by atoms with Gasteiger partial charge in [-0.05, 0) is 47.0 Å². The zero-order valence-corrected chi connectivity index (χ0v) is 11.7. The molecule has 0 aromatic heterocycles. The second-order valence-corrected chi connectivity index (χ2v) is 4.79. The molecule has 98 valence electrons. The Morgan fingerprint density at radius 2 is 2.28 bits per heavy atom. The minimum Gasteiger partial charge on any atom is -0.409 e. The van der Waals surface area contributed by atoms with E-state index >= 15 is 0 Å². The van der Waals surface area contributed by atoms with Gasteiger partial charge in [0.15, 0.2) is 0 Å². The molecule has 1 aromatic rings. The molecule has 5 nitrogen and oxygen atoms in total. The summed E-state index contributed by atoms with van der Waals surface area (Å²) in [5, 5.41) is 14.0. The summed E-state index contributed by atoms with van der Waals surface area (Å²) in [6.45, 7) is 2.44. The fourth-order valence-corrected chi connectivity index (χ4v) is 2.09. The van der Waals surface area contributed by atoms with E-state index in [1.807, 2.05) is 19.1 Å². The Kier molecular flexibility index (Phi) is 5.64. The maximum Gasteiger partial charge on any atom is 0.252 e. The molecule has 0 spiro atoms. The maximum atomic E-state index is 11.8. The van der Waals surface area contributed by atoms with Crippen molar-refractivity contribution in [1.82, 2.24) is 5.32 Å². The lowest BCUT2D eigenvalue weighted by molar-refractivity contribution is 0.0952. The highest BCUT2D eigenvalue weighted by Gasteiger charge is 2.09.